The van der Waals surface area contributed by atoms with Gasteiger partial charge in [0, 0.05) is 0 Å². The van der Waals surface area contributed by atoms with Gasteiger partial charge in [0.1, 0.15) is 7.28 Å². The van der Waals surface area contributed by atoms with Crippen LogP contribution in [0.25, 0.3) is 0 Å². The van der Waals surface area contributed by atoms with Gasteiger partial charge in [-0.15, -0.1) is 5.47 Å². The van der Waals surface area contributed by atoms with E-state index in [-0.39, 0.29) is 0 Å². The topological polar surface area (TPSA) is 0 Å². The van der Waals surface area contributed by atoms with Gasteiger partial charge < -0.3 is 0 Å². The summed E-state index contributed by atoms with van der Waals surface area (Å²) < 4.78 is 0. The van der Waals surface area contributed by atoms with Crippen molar-refractivity contribution in [3.05, 3.63) is 11.0 Å². The first kappa shape index (κ1) is 10.8. The van der Waals surface area contributed by atoms with E-state index in [1.165, 1.54) is 11.0 Å². The average molecular weight is 151 g/mol. The number of allylic oxidation sites excluding steroid dienone is 2. The van der Waals surface area contributed by atoms with Gasteiger partial charge in [-0.2, -0.15) is 0 Å². The molecule has 0 spiro atoms. The maximum absolute atomic E-state index is 2.36. The van der Waals surface area contributed by atoms with Crippen LogP contribution in [-0.2, 0) is 0 Å². The Kier molecular flexibility index (Phi) is 4.55. The van der Waals surface area contributed by atoms with Crippen molar-refractivity contribution < 1.29 is 0 Å². The van der Waals surface area contributed by atoms with Crippen molar-refractivity contribution in [1.29, 1.82) is 0 Å². The van der Waals surface area contributed by atoms with Crippen LogP contribution in [0.15, 0.2) is 11.0 Å². The lowest BCUT2D eigenvalue weighted by molar-refractivity contribution is 0.793. The lowest BCUT2D eigenvalue weighted by Gasteiger charge is -2.14. The molecule has 0 unspecified atom stereocenters. The van der Waals surface area contributed by atoms with Crippen LogP contribution < -0.4 is 0 Å². The van der Waals surface area contributed by atoms with E-state index in [4.69, 9.17) is 0 Å². The van der Waals surface area contributed by atoms with E-state index in [9.17, 15) is 0 Å². The van der Waals surface area contributed by atoms with Gasteiger partial charge in [-0.1, -0.05) is 39.1 Å². The predicted octanol–water partition coefficient (Wildman–Crippen LogP) is 3.47. The molecule has 0 aromatic heterocycles. The van der Waals surface area contributed by atoms with E-state index in [1.807, 2.05) is 0 Å². The molecule has 0 heterocycles. The highest BCUT2D eigenvalue weighted by Gasteiger charge is 2.08. The summed E-state index contributed by atoms with van der Waals surface area (Å²) >= 11 is 0. The molecule has 0 saturated carbocycles. The number of rotatable bonds is 3. The van der Waals surface area contributed by atoms with Crippen LogP contribution in [0, 0.1) is 5.92 Å². The molecule has 0 nitrogen and oxygen atoms in total. The van der Waals surface area contributed by atoms with Gasteiger partial charge in [0.25, 0.3) is 0 Å². The highest BCUT2D eigenvalue weighted by atomic mass is 14.0. The number of hydrogen-bond donors (Lipinski definition) is 0. The molecule has 0 aliphatic rings. The number of hydrogen-bond acceptors (Lipinski definition) is 0. The van der Waals surface area contributed by atoms with E-state index in [1.54, 1.807) is 0 Å². The Labute approximate surface area is 72.3 Å². The first-order valence-corrected chi connectivity index (χ1v) is 4.47. The molecule has 0 aliphatic carbocycles. The van der Waals surface area contributed by atoms with Crippen molar-refractivity contribution in [2.75, 3.05) is 0 Å². The lowest BCUT2D eigenvalue weighted by Crippen LogP contribution is -2.08. The molecule has 0 saturated heterocycles. The highest BCUT2D eigenvalue weighted by molar-refractivity contribution is 6.47. The molecule has 0 aliphatic heterocycles. The summed E-state index contributed by atoms with van der Waals surface area (Å²) in [7, 11) is 2.36. The van der Waals surface area contributed by atoms with Crippen molar-refractivity contribution in [1.82, 2.24) is 0 Å². The van der Waals surface area contributed by atoms with Crippen molar-refractivity contribution in [2.45, 2.75) is 47.4 Å². The van der Waals surface area contributed by atoms with Gasteiger partial charge in [-0.05, 0) is 19.8 Å². The van der Waals surface area contributed by atoms with Crippen LogP contribution in [0.5, 0.6) is 0 Å². The fraction of sp³-hybridized carbons (Fsp3) is 0.800. The van der Waals surface area contributed by atoms with Crippen LogP contribution in [0.4, 0.5) is 0 Å². The van der Waals surface area contributed by atoms with Crippen LogP contribution in [0.3, 0.4) is 0 Å². The average Bonchev–Trinajstić information content (AvgIpc) is 1.81. The molecular weight excluding hydrogens is 131 g/mol. The third-order valence-corrected chi connectivity index (χ3v) is 1.71. The predicted molar refractivity (Wildman–Crippen MR) is 54.1 cm³/mol. The quantitative estimate of drug-likeness (QED) is 0.541. The summed E-state index contributed by atoms with van der Waals surface area (Å²) in [5.41, 5.74) is 2.97. The van der Waals surface area contributed by atoms with Crippen molar-refractivity contribution >= 4 is 7.28 Å². The van der Waals surface area contributed by atoms with E-state index in [0.29, 0.717) is 11.7 Å². The van der Waals surface area contributed by atoms with Gasteiger partial charge in [0.2, 0.25) is 0 Å². The summed E-state index contributed by atoms with van der Waals surface area (Å²) in [6.45, 7) is 13.3. The van der Waals surface area contributed by atoms with Gasteiger partial charge in [-0.25, -0.2) is 0 Å². The second-order valence-electron chi connectivity index (χ2n) is 4.02. The molecule has 11 heavy (non-hydrogen) atoms. The van der Waals surface area contributed by atoms with Crippen molar-refractivity contribution in [3.63, 3.8) is 0 Å². The molecule has 0 rings (SSSR count). The minimum absolute atomic E-state index is 0.669. The van der Waals surface area contributed by atoms with E-state index >= 15 is 0 Å². The Morgan fingerprint density at radius 2 is 1.45 bits per heavy atom. The zero-order chi connectivity index (χ0) is 9.02. The smallest absolute Gasteiger partial charge is 0.107 e. The SMILES string of the molecule is CC(C)=C([B]C(C)C)C(C)C. The fourth-order valence-electron chi connectivity index (χ4n) is 1.30. The molecule has 63 valence electrons. The summed E-state index contributed by atoms with van der Waals surface area (Å²) in [5.74, 6) is 1.34. The minimum Gasteiger partial charge on any atom is -0.107 e. The molecule has 1 heteroatoms. The fourth-order valence-corrected chi connectivity index (χ4v) is 1.30. The Bertz CT molecular complexity index is 139. The molecule has 0 aromatic rings. The summed E-state index contributed by atoms with van der Waals surface area (Å²) in [4.78, 5) is 0. The van der Waals surface area contributed by atoms with Gasteiger partial charge in [0.05, 0.1) is 0 Å². The molecule has 0 N–H and O–H groups in total. The maximum atomic E-state index is 2.36. The molecule has 0 amide bonds. The largest absolute Gasteiger partial charge is 0.149 e. The van der Waals surface area contributed by atoms with Gasteiger partial charge in [-0.3, -0.25) is 0 Å². The zero-order valence-electron chi connectivity index (χ0n) is 8.73. The molecule has 0 atom stereocenters. The highest BCUT2D eigenvalue weighted by Crippen LogP contribution is 2.17. The standard InChI is InChI=1S/C10H20B/c1-7(2)10(8(3)4)11-9(5)6/h7,9H,1-6H3. The van der Waals surface area contributed by atoms with Crippen molar-refractivity contribution in [3.8, 4) is 0 Å². The Morgan fingerprint density at radius 3 is 1.55 bits per heavy atom. The van der Waals surface area contributed by atoms with Crippen LogP contribution in [0.1, 0.15) is 41.5 Å². The molecular formula is C10H20B. The second-order valence-corrected chi connectivity index (χ2v) is 4.02. The van der Waals surface area contributed by atoms with E-state index < -0.39 is 0 Å². The maximum Gasteiger partial charge on any atom is 0.149 e. The first-order chi connectivity index (χ1) is 4.95. The lowest BCUT2D eigenvalue weighted by atomic mass is 9.56. The minimum atomic E-state index is 0.669. The third-order valence-electron chi connectivity index (χ3n) is 1.71. The normalized spacial score (nSPS) is 10.5. The Morgan fingerprint density at radius 1 is 1.00 bits per heavy atom. The van der Waals surface area contributed by atoms with E-state index in [0.717, 1.165) is 0 Å². The molecule has 0 bridgehead atoms. The summed E-state index contributed by atoms with van der Waals surface area (Å²) in [6.07, 6.45) is 0. The first-order valence-electron chi connectivity index (χ1n) is 4.47. The van der Waals surface area contributed by atoms with Crippen molar-refractivity contribution in [2.24, 2.45) is 5.92 Å². The Balaban J connectivity index is 4.26. The summed E-state index contributed by atoms with van der Waals surface area (Å²) in [5, 5.41) is 0. The molecule has 0 fully saturated rings. The van der Waals surface area contributed by atoms with Crippen LogP contribution in [-0.4, -0.2) is 7.28 Å². The zero-order valence-corrected chi connectivity index (χ0v) is 8.73. The van der Waals surface area contributed by atoms with E-state index in [2.05, 4.69) is 48.8 Å². The van der Waals surface area contributed by atoms with Crippen LogP contribution in [0.2, 0.25) is 5.82 Å². The van der Waals surface area contributed by atoms with Crippen LogP contribution >= 0.6 is 0 Å². The third kappa shape index (κ3) is 4.29. The van der Waals surface area contributed by atoms with Gasteiger partial charge >= 0.3 is 0 Å². The second kappa shape index (κ2) is 4.64. The summed E-state index contributed by atoms with van der Waals surface area (Å²) in [6, 6.07) is 0. The molecule has 1 radical (unpaired) electrons. The Hall–Kier alpha value is -0.195. The molecule has 0 aromatic carbocycles. The monoisotopic (exact) mass is 151 g/mol. The van der Waals surface area contributed by atoms with Gasteiger partial charge in [0.15, 0.2) is 0 Å².